The largest absolute Gasteiger partial charge is 0.314 e. The molecule has 1 heterocycles. The lowest BCUT2D eigenvalue weighted by atomic mass is 10.0. The van der Waals surface area contributed by atoms with Crippen LogP contribution in [0.15, 0.2) is 24.3 Å². The summed E-state index contributed by atoms with van der Waals surface area (Å²) in [6, 6.07) is 8.94. The van der Waals surface area contributed by atoms with Gasteiger partial charge >= 0.3 is 0 Å². The third-order valence-corrected chi connectivity index (χ3v) is 2.74. The van der Waals surface area contributed by atoms with Gasteiger partial charge in [0.2, 0.25) is 0 Å². The van der Waals surface area contributed by atoms with E-state index >= 15 is 0 Å². The SMILES string of the molecule is C#Cc1cccc(CC2CCCN2)c1. The fraction of sp³-hybridized carbons (Fsp3) is 0.385. The van der Waals surface area contributed by atoms with Gasteiger partial charge in [0, 0.05) is 11.6 Å². The molecule has 1 aromatic rings. The minimum absolute atomic E-state index is 0.656. The molecule has 1 fully saturated rings. The Morgan fingerprint density at radius 1 is 1.50 bits per heavy atom. The molecule has 2 rings (SSSR count). The van der Waals surface area contributed by atoms with Crippen LogP contribution >= 0.6 is 0 Å². The molecule has 14 heavy (non-hydrogen) atoms. The Labute approximate surface area is 85.5 Å². The van der Waals surface area contributed by atoms with Crippen molar-refractivity contribution in [2.75, 3.05) is 6.54 Å². The first-order chi connectivity index (χ1) is 6.88. The fourth-order valence-electron chi connectivity index (χ4n) is 2.00. The zero-order valence-corrected chi connectivity index (χ0v) is 8.29. The molecule has 0 spiro atoms. The summed E-state index contributed by atoms with van der Waals surface area (Å²) in [5, 5.41) is 3.49. The van der Waals surface area contributed by atoms with Crippen molar-refractivity contribution in [1.82, 2.24) is 5.32 Å². The van der Waals surface area contributed by atoms with E-state index in [1.165, 1.54) is 24.9 Å². The minimum Gasteiger partial charge on any atom is -0.314 e. The van der Waals surface area contributed by atoms with E-state index in [9.17, 15) is 0 Å². The fourth-order valence-corrected chi connectivity index (χ4v) is 2.00. The van der Waals surface area contributed by atoms with Crippen molar-refractivity contribution in [1.29, 1.82) is 0 Å². The van der Waals surface area contributed by atoms with Gasteiger partial charge in [-0.1, -0.05) is 18.1 Å². The van der Waals surface area contributed by atoms with Crippen LogP contribution in [0.1, 0.15) is 24.0 Å². The summed E-state index contributed by atoms with van der Waals surface area (Å²) in [4.78, 5) is 0. The lowest BCUT2D eigenvalue weighted by Gasteiger charge is -2.09. The second-order valence-corrected chi connectivity index (χ2v) is 3.84. The summed E-state index contributed by atoms with van der Waals surface area (Å²) in [7, 11) is 0. The van der Waals surface area contributed by atoms with Crippen molar-refractivity contribution in [2.24, 2.45) is 0 Å². The molecular formula is C13H15N. The molecular weight excluding hydrogens is 170 g/mol. The van der Waals surface area contributed by atoms with Gasteiger partial charge in [0.15, 0.2) is 0 Å². The van der Waals surface area contributed by atoms with Crippen molar-refractivity contribution >= 4 is 0 Å². The number of terminal acetylenes is 1. The number of benzene rings is 1. The first-order valence-electron chi connectivity index (χ1n) is 5.17. The molecule has 1 aliphatic heterocycles. The third kappa shape index (κ3) is 2.16. The highest BCUT2D eigenvalue weighted by Crippen LogP contribution is 2.13. The Hall–Kier alpha value is -1.26. The molecule has 1 aliphatic rings. The molecule has 0 aromatic heterocycles. The molecule has 1 N–H and O–H groups in total. The maximum Gasteiger partial charge on any atom is 0.0245 e. The molecule has 1 unspecified atom stereocenters. The van der Waals surface area contributed by atoms with E-state index in [0.717, 1.165) is 12.0 Å². The minimum atomic E-state index is 0.656. The van der Waals surface area contributed by atoms with Gasteiger partial charge in [0.05, 0.1) is 0 Å². The van der Waals surface area contributed by atoms with Crippen molar-refractivity contribution in [3.63, 3.8) is 0 Å². The predicted molar refractivity (Wildman–Crippen MR) is 59.1 cm³/mol. The maximum absolute atomic E-state index is 5.36. The van der Waals surface area contributed by atoms with E-state index in [2.05, 4.69) is 23.4 Å². The Morgan fingerprint density at radius 2 is 2.43 bits per heavy atom. The Bertz CT molecular complexity index is 342. The van der Waals surface area contributed by atoms with Gasteiger partial charge < -0.3 is 5.32 Å². The van der Waals surface area contributed by atoms with Gasteiger partial charge in [0.25, 0.3) is 0 Å². The van der Waals surface area contributed by atoms with Gasteiger partial charge in [-0.25, -0.2) is 0 Å². The maximum atomic E-state index is 5.36. The molecule has 72 valence electrons. The van der Waals surface area contributed by atoms with Crippen molar-refractivity contribution in [3.8, 4) is 12.3 Å². The normalized spacial score (nSPS) is 20.6. The highest BCUT2D eigenvalue weighted by molar-refractivity contribution is 5.35. The van der Waals surface area contributed by atoms with Crippen LogP contribution in [0.25, 0.3) is 0 Å². The number of hydrogen-bond donors (Lipinski definition) is 1. The van der Waals surface area contributed by atoms with E-state index in [1.54, 1.807) is 0 Å². The van der Waals surface area contributed by atoms with E-state index in [4.69, 9.17) is 6.42 Å². The summed E-state index contributed by atoms with van der Waals surface area (Å²) < 4.78 is 0. The number of nitrogens with one attached hydrogen (secondary N) is 1. The molecule has 0 aliphatic carbocycles. The quantitative estimate of drug-likeness (QED) is 0.694. The standard InChI is InChI=1S/C13H15N/c1-2-11-5-3-6-12(9-11)10-13-7-4-8-14-13/h1,3,5-6,9,13-14H,4,7-8,10H2. The smallest absolute Gasteiger partial charge is 0.0245 e. The van der Waals surface area contributed by atoms with Gasteiger partial charge in [-0.15, -0.1) is 6.42 Å². The predicted octanol–water partition coefficient (Wildman–Crippen LogP) is 1.96. The Kier molecular flexibility index (Phi) is 2.86. The van der Waals surface area contributed by atoms with Gasteiger partial charge in [0.1, 0.15) is 0 Å². The molecule has 1 heteroatoms. The van der Waals surface area contributed by atoms with Crippen LogP contribution in [0.4, 0.5) is 0 Å². The Morgan fingerprint density at radius 3 is 3.14 bits per heavy atom. The highest BCUT2D eigenvalue weighted by atomic mass is 14.9. The summed E-state index contributed by atoms with van der Waals surface area (Å²) >= 11 is 0. The molecule has 0 saturated carbocycles. The van der Waals surface area contributed by atoms with Crippen LogP contribution in [-0.4, -0.2) is 12.6 Å². The second-order valence-electron chi connectivity index (χ2n) is 3.84. The summed E-state index contributed by atoms with van der Waals surface area (Å²) in [5.74, 6) is 2.67. The molecule has 1 atom stereocenters. The van der Waals surface area contributed by atoms with Gasteiger partial charge in [-0.05, 0) is 43.5 Å². The molecule has 0 radical (unpaired) electrons. The van der Waals surface area contributed by atoms with Crippen molar-refractivity contribution in [3.05, 3.63) is 35.4 Å². The van der Waals surface area contributed by atoms with Crippen LogP contribution in [0.5, 0.6) is 0 Å². The summed E-state index contributed by atoms with van der Waals surface area (Å²) in [6.07, 6.45) is 9.06. The van der Waals surface area contributed by atoms with Crippen molar-refractivity contribution in [2.45, 2.75) is 25.3 Å². The molecule has 0 bridgehead atoms. The Balaban J connectivity index is 2.05. The summed E-state index contributed by atoms with van der Waals surface area (Å²) in [5.41, 5.74) is 2.33. The van der Waals surface area contributed by atoms with E-state index in [-0.39, 0.29) is 0 Å². The molecule has 1 nitrogen and oxygen atoms in total. The van der Waals surface area contributed by atoms with Gasteiger partial charge in [-0.3, -0.25) is 0 Å². The zero-order chi connectivity index (χ0) is 9.80. The van der Waals surface area contributed by atoms with Crippen LogP contribution in [0, 0.1) is 12.3 Å². The zero-order valence-electron chi connectivity index (χ0n) is 8.29. The van der Waals surface area contributed by atoms with Crippen molar-refractivity contribution < 1.29 is 0 Å². The monoisotopic (exact) mass is 185 g/mol. The van der Waals surface area contributed by atoms with Crippen LogP contribution in [0.3, 0.4) is 0 Å². The lowest BCUT2D eigenvalue weighted by molar-refractivity contribution is 0.603. The van der Waals surface area contributed by atoms with E-state index < -0.39 is 0 Å². The van der Waals surface area contributed by atoms with E-state index in [1.807, 2.05) is 12.1 Å². The second kappa shape index (κ2) is 4.30. The first kappa shape index (κ1) is 9.30. The number of hydrogen-bond acceptors (Lipinski definition) is 1. The van der Waals surface area contributed by atoms with Crippen LogP contribution < -0.4 is 5.32 Å². The number of rotatable bonds is 2. The van der Waals surface area contributed by atoms with E-state index in [0.29, 0.717) is 6.04 Å². The van der Waals surface area contributed by atoms with Crippen LogP contribution in [0.2, 0.25) is 0 Å². The average molecular weight is 185 g/mol. The molecule has 0 amide bonds. The topological polar surface area (TPSA) is 12.0 Å². The van der Waals surface area contributed by atoms with Crippen LogP contribution in [-0.2, 0) is 6.42 Å². The highest BCUT2D eigenvalue weighted by Gasteiger charge is 2.13. The molecule has 1 aromatic carbocycles. The van der Waals surface area contributed by atoms with Gasteiger partial charge in [-0.2, -0.15) is 0 Å². The third-order valence-electron chi connectivity index (χ3n) is 2.74. The average Bonchev–Trinajstić information content (AvgIpc) is 2.71. The first-order valence-corrected chi connectivity index (χ1v) is 5.17. The lowest BCUT2D eigenvalue weighted by Crippen LogP contribution is -2.23. The summed E-state index contributed by atoms with van der Waals surface area (Å²) in [6.45, 7) is 1.17. The molecule has 1 saturated heterocycles.